The number of alkyl halides is 3. The van der Waals surface area contributed by atoms with Crippen LogP contribution in [0.1, 0.15) is 18.4 Å². The molecule has 3 N–H and O–H groups in total. The normalized spacial score (nSPS) is 20.1. The number of hydrogen-bond acceptors (Lipinski definition) is 6. The Hall–Kier alpha value is -2.82. The van der Waals surface area contributed by atoms with Gasteiger partial charge in [0.05, 0.1) is 12.1 Å². The van der Waals surface area contributed by atoms with Gasteiger partial charge in [-0.2, -0.15) is 13.2 Å². The van der Waals surface area contributed by atoms with E-state index in [-0.39, 0.29) is 30.8 Å². The summed E-state index contributed by atoms with van der Waals surface area (Å²) in [5.41, 5.74) is -0.671. The molecule has 2 heterocycles. The molecule has 10 heteroatoms. The number of nitrogens with one attached hydrogen (secondary N) is 2. The van der Waals surface area contributed by atoms with Crippen molar-refractivity contribution in [3.05, 3.63) is 54.1 Å². The van der Waals surface area contributed by atoms with Gasteiger partial charge in [-0.25, -0.2) is 0 Å². The van der Waals surface area contributed by atoms with Crippen molar-refractivity contribution in [2.45, 2.75) is 37.3 Å². The molecule has 0 bridgehead atoms. The SMILES string of the molecule is O=C(CN1CCC(NCC(O)C2COc3ccccc3O2)CC1)Nc1cccc(C(F)(F)F)c1. The predicted molar refractivity (Wildman–Crippen MR) is 120 cm³/mol. The molecular formula is C24H28F3N3O4. The number of amides is 1. The lowest BCUT2D eigenvalue weighted by Crippen LogP contribution is -2.50. The lowest BCUT2D eigenvalue weighted by molar-refractivity contribution is -0.137. The van der Waals surface area contributed by atoms with Crippen LogP contribution >= 0.6 is 0 Å². The second-order valence-electron chi connectivity index (χ2n) is 8.57. The monoisotopic (exact) mass is 479 g/mol. The first-order valence-electron chi connectivity index (χ1n) is 11.3. The average Bonchev–Trinajstić information content (AvgIpc) is 2.82. The number of nitrogens with zero attached hydrogens (tertiary/aromatic N) is 1. The van der Waals surface area contributed by atoms with Crippen LogP contribution in [-0.4, -0.2) is 66.9 Å². The highest BCUT2D eigenvalue weighted by atomic mass is 19.4. The molecule has 2 aromatic carbocycles. The molecule has 1 amide bonds. The minimum Gasteiger partial charge on any atom is -0.486 e. The van der Waals surface area contributed by atoms with Crippen LogP contribution in [-0.2, 0) is 11.0 Å². The maximum atomic E-state index is 12.8. The van der Waals surface area contributed by atoms with Gasteiger partial charge in [0.25, 0.3) is 0 Å². The quantitative estimate of drug-likeness (QED) is 0.567. The van der Waals surface area contributed by atoms with Crippen molar-refractivity contribution in [3.8, 4) is 11.5 Å². The van der Waals surface area contributed by atoms with Gasteiger partial charge in [-0.05, 0) is 43.2 Å². The van der Waals surface area contributed by atoms with Crippen molar-refractivity contribution in [1.29, 1.82) is 0 Å². The molecule has 1 saturated heterocycles. The van der Waals surface area contributed by atoms with E-state index in [0.717, 1.165) is 25.0 Å². The number of carbonyl (C=O) groups is 1. The number of para-hydroxylation sites is 2. The van der Waals surface area contributed by atoms with Crippen molar-refractivity contribution in [2.24, 2.45) is 0 Å². The first-order valence-corrected chi connectivity index (χ1v) is 11.3. The lowest BCUT2D eigenvalue weighted by Gasteiger charge is -2.34. The highest BCUT2D eigenvalue weighted by molar-refractivity contribution is 5.92. The minimum absolute atomic E-state index is 0.109. The molecule has 2 unspecified atom stereocenters. The molecule has 2 aliphatic heterocycles. The first-order chi connectivity index (χ1) is 16.3. The van der Waals surface area contributed by atoms with E-state index < -0.39 is 23.9 Å². The fraction of sp³-hybridized carbons (Fsp3) is 0.458. The average molecular weight is 479 g/mol. The number of aliphatic hydroxyl groups excluding tert-OH is 1. The Balaban J connectivity index is 1.17. The zero-order valence-electron chi connectivity index (χ0n) is 18.6. The topological polar surface area (TPSA) is 83.1 Å². The van der Waals surface area contributed by atoms with E-state index in [1.54, 1.807) is 6.07 Å². The first kappa shape index (κ1) is 24.3. The molecule has 4 rings (SSSR count). The van der Waals surface area contributed by atoms with E-state index in [0.29, 0.717) is 31.1 Å². The summed E-state index contributed by atoms with van der Waals surface area (Å²) in [6.45, 7) is 2.08. The van der Waals surface area contributed by atoms with E-state index in [9.17, 15) is 23.1 Å². The number of benzene rings is 2. The van der Waals surface area contributed by atoms with Crippen molar-refractivity contribution in [3.63, 3.8) is 0 Å². The summed E-state index contributed by atoms with van der Waals surface area (Å²) in [5.74, 6) is 0.939. The molecule has 34 heavy (non-hydrogen) atoms. The van der Waals surface area contributed by atoms with Gasteiger partial charge >= 0.3 is 6.18 Å². The summed E-state index contributed by atoms with van der Waals surface area (Å²) < 4.78 is 50.0. The predicted octanol–water partition coefficient (Wildman–Crippen LogP) is 2.90. The Morgan fingerprint density at radius 1 is 1.12 bits per heavy atom. The van der Waals surface area contributed by atoms with Crippen LogP contribution < -0.4 is 20.1 Å². The van der Waals surface area contributed by atoms with Crippen molar-refractivity contribution in [1.82, 2.24) is 10.2 Å². The third-order valence-corrected chi connectivity index (χ3v) is 6.00. The number of ether oxygens (including phenoxy) is 2. The summed E-state index contributed by atoms with van der Waals surface area (Å²) in [4.78, 5) is 14.3. The van der Waals surface area contributed by atoms with Gasteiger partial charge in [0.15, 0.2) is 17.6 Å². The fourth-order valence-corrected chi connectivity index (χ4v) is 4.12. The molecule has 0 spiro atoms. The van der Waals surface area contributed by atoms with Gasteiger partial charge in [-0.15, -0.1) is 0 Å². The van der Waals surface area contributed by atoms with Gasteiger partial charge in [-0.1, -0.05) is 18.2 Å². The summed E-state index contributed by atoms with van der Waals surface area (Å²) in [6.07, 6.45) is -4.07. The Kier molecular flexibility index (Phi) is 7.60. The third-order valence-electron chi connectivity index (χ3n) is 6.00. The third kappa shape index (κ3) is 6.40. The van der Waals surface area contributed by atoms with E-state index in [4.69, 9.17) is 9.47 Å². The molecule has 184 valence electrons. The number of fused-ring (bicyclic) bond motifs is 1. The van der Waals surface area contributed by atoms with Gasteiger partial charge < -0.3 is 25.2 Å². The Morgan fingerprint density at radius 2 is 1.85 bits per heavy atom. The van der Waals surface area contributed by atoms with Crippen molar-refractivity contribution in [2.75, 3.05) is 38.1 Å². The van der Waals surface area contributed by atoms with E-state index in [1.807, 2.05) is 23.1 Å². The maximum Gasteiger partial charge on any atom is 0.416 e. The highest BCUT2D eigenvalue weighted by Gasteiger charge is 2.31. The second-order valence-corrected chi connectivity index (χ2v) is 8.57. The molecular weight excluding hydrogens is 451 g/mol. The maximum absolute atomic E-state index is 12.8. The molecule has 2 atom stereocenters. The lowest BCUT2D eigenvalue weighted by atomic mass is 10.0. The largest absolute Gasteiger partial charge is 0.486 e. The Labute approximate surface area is 195 Å². The molecule has 1 fully saturated rings. The van der Waals surface area contributed by atoms with Gasteiger partial charge in [0.2, 0.25) is 5.91 Å². The molecule has 7 nitrogen and oxygen atoms in total. The number of carbonyl (C=O) groups excluding carboxylic acids is 1. The summed E-state index contributed by atoms with van der Waals surface area (Å²) in [5, 5.41) is 16.4. The van der Waals surface area contributed by atoms with E-state index in [1.165, 1.54) is 12.1 Å². The molecule has 0 aliphatic carbocycles. The number of rotatable bonds is 7. The van der Waals surface area contributed by atoms with Crippen molar-refractivity contribution < 1.29 is 32.5 Å². The van der Waals surface area contributed by atoms with Crippen LogP contribution in [0.4, 0.5) is 18.9 Å². The number of hydrogen-bond donors (Lipinski definition) is 3. The Bertz CT molecular complexity index is 980. The van der Waals surface area contributed by atoms with Crippen molar-refractivity contribution >= 4 is 11.6 Å². The van der Waals surface area contributed by atoms with Crippen LogP contribution in [0.25, 0.3) is 0 Å². The molecule has 2 aromatic rings. The number of likely N-dealkylation sites (tertiary alicyclic amines) is 1. The van der Waals surface area contributed by atoms with Crippen LogP contribution in [0.2, 0.25) is 0 Å². The summed E-state index contributed by atoms with van der Waals surface area (Å²) >= 11 is 0. The molecule has 0 aromatic heterocycles. The fourth-order valence-electron chi connectivity index (χ4n) is 4.12. The molecule has 0 saturated carbocycles. The second kappa shape index (κ2) is 10.6. The standard InChI is InChI=1S/C24H28F3N3O4/c25-24(26,27)16-4-3-5-18(12-16)29-23(32)14-30-10-8-17(9-11-30)28-13-19(31)22-15-33-20-6-1-2-7-21(20)34-22/h1-7,12,17,19,22,28,31H,8-11,13-15H2,(H,29,32). The van der Waals surface area contributed by atoms with Gasteiger partial charge in [0.1, 0.15) is 12.7 Å². The van der Waals surface area contributed by atoms with Crippen LogP contribution in [0, 0.1) is 0 Å². The Morgan fingerprint density at radius 3 is 2.59 bits per heavy atom. The van der Waals surface area contributed by atoms with Crippen LogP contribution in [0.15, 0.2) is 48.5 Å². The minimum atomic E-state index is -4.45. The van der Waals surface area contributed by atoms with Crippen LogP contribution in [0.3, 0.4) is 0 Å². The van der Waals surface area contributed by atoms with E-state index in [2.05, 4.69) is 10.6 Å². The number of aliphatic hydroxyl groups is 1. The van der Waals surface area contributed by atoms with Crippen LogP contribution in [0.5, 0.6) is 11.5 Å². The number of halogens is 3. The van der Waals surface area contributed by atoms with Gasteiger partial charge in [-0.3, -0.25) is 9.69 Å². The summed E-state index contributed by atoms with van der Waals surface area (Å²) in [7, 11) is 0. The zero-order valence-corrected chi connectivity index (χ0v) is 18.6. The summed E-state index contributed by atoms with van der Waals surface area (Å²) in [6, 6.07) is 12.1. The number of piperidine rings is 1. The zero-order chi connectivity index (χ0) is 24.1. The van der Waals surface area contributed by atoms with E-state index >= 15 is 0 Å². The molecule has 2 aliphatic rings. The van der Waals surface area contributed by atoms with Gasteiger partial charge in [0, 0.05) is 31.4 Å². The number of anilines is 1. The smallest absolute Gasteiger partial charge is 0.416 e. The highest BCUT2D eigenvalue weighted by Crippen LogP contribution is 2.32. The molecule has 0 radical (unpaired) electrons.